The molecule has 0 heterocycles. The van der Waals surface area contributed by atoms with Gasteiger partial charge in [-0.25, -0.2) is 8.42 Å². The van der Waals surface area contributed by atoms with Crippen molar-refractivity contribution in [3.63, 3.8) is 0 Å². The summed E-state index contributed by atoms with van der Waals surface area (Å²) in [5.41, 5.74) is 1.83. The maximum absolute atomic E-state index is 12.4. The summed E-state index contributed by atoms with van der Waals surface area (Å²) >= 11 is 9.10. The van der Waals surface area contributed by atoms with Gasteiger partial charge in [-0.2, -0.15) is 0 Å². The number of aliphatic hydroxyl groups is 1. The van der Waals surface area contributed by atoms with E-state index in [1.165, 1.54) is 6.07 Å². The summed E-state index contributed by atoms with van der Waals surface area (Å²) in [4.78, 5) is 0.0964. The van der Waals surface area contributed by atoms with Crippen LogP contribution >= 0.6 is 27.5 Å². The Labute approximate surface area is 136 Å². The minimum Gasteiger partial charge on any atom is -0.392 e. The first-order chi connectivity index (χ1) is 9.83. The van der Waals surface area contributed by atoms with Crippen LogP contribution in [0.15, 0.2) is 45.8 Å². The van der Waals surface area contributed by atoms with Crippen molar-refractivity contribution in [3.05, 3.63) is 57.0 Å². The van der Waals surface area contributed by atoms with Gasteiger partial charge in [0.2, 0.25) is 0 Å². The lowest BCUT2D eigenvalue weighted by molar-refractivity contribution is 0.281. The van der Waals surface area contributed by atoms with Crippen molar-refractivity contribution in [3.8, 4) is 0 Å². The SMILES string of the molecule is Cc1ccc(Cl)cc1NS(=O)(=O)c1ccc(CO)cc1Br. The molecule has 112 valence electrons. The van der Waals surface area contributed by atoms with Crippen molar-refractivity contribution < 1.29 is 13.5 Å². The van der Waals surface area contributed by atoms with Crippen LogP contribution in [-0.2, 0) is 16.6 Å². The van der Waals surface area contributed by atoms with Crippen LogP contribution < -0.4 is 4.72 Å². The Morgan fingerprint density at radius 3 is 2.57 bits per heavy atom. The third kappa shape index (κ3) is 3.77. The van der Waals surface area contributed by atoms with E-state index >= 15 is 0 Å². The van der Waals surface area contributed by atoms with E-state index in [1.54, 1.807) is 37.3 Å². The van der Waals surface area contributed by atoms with Crippen molar-refractivity contribution in [1.82, 2.24) is 0 Å². The van der Waals surface area contributed by atoms with E-state index in [4.69, 9.17) is 16.7 Å². The van der Waals surface area contributed by atoms with Gasteiger partial charge in [0.15, 0.2) is 0 Å². The largest absolute Gasteiger partial charge is 0.392 e. The van der Waals surface area contributed by atoms with Crippen LogP contribution in [0.5, 0.6) is 0 Å². The molecule has 7 heteroatoms. The molecule has 0 aliphatic carbocycles. The Bertz CT molecular complexity index is 778. The fraction of sp³-hybridized carbons (Fsp3) is 0.143. The van der Waals surface area contributed by atoms with Gasteiger partial charge in [-0.05, 0) is 58.2 Å². The standard InChI is InChI=1S/C14H13BrClNO3S/c1-9-2-4-11(16)7-13(9)17-21(19,20)14-5-3-10(8-18)6-12(14)15/h2-7,17-18H,8H2,1H3. The van der Waals surface area contributed by atoms with Crippen LogP contribution in [-0.4, -0.2) is 13.5 Å². The Hall–Kier alpha value is -1.08. The molecular formula is C14H13BrClNO3S. The fourth-order valence-electron chi connectivity index (χ4n) is 1.76. The Morgan fingerprint density at radius 2 is 1.95 bits per heavy atom. The van der Waals surface area contributed by atoms with E-state index in [0.29, 0.717) is 20.7 Å². The smallest absolute Gasteiger partial charge is 0.263 e. The first kappa shape index (κ1) is 16.3. The summed E-state index contributed by atoms with van der Waals surface area (Å²) < 4.78 is 27.8. The second-order valence-electron chi connectivity index (χ2n) is 4.49. The van der Waals surface area contributed by atoms with E-state index in [0.717, 1.165) is 5.56 Å². The number of hydrogen-bond donors (Lipinski definition) is 2. The molecule has 21 heavy (non-hydrogen) atoms. The number of halogens is 2. The maximum Gasteiger partial charge on any atom is 0.263 e. The summed E-state index contributed by atoms with van der Waals surface area (Å²) in [5.74, 6) is 0. The van der Waals surface area contributed by atoms with Crippen LogP contribution in [0.1, 0.15) is 11.1 Å². The van der Waals surface area contributed by atoms with E-state index in [9.17, 15) is 8.42 Å². The molecule has 0 aromatic heterocycles. The third-order valence-corrected chi connectivity index (χ3v) is 5.49. The molecule has 0 saturated carbocycles. The molecule has 2 rings (SSSR count). The topological polar surface area (TPSA) is 66.4 Å². The Kier molecular flexibility index (Phi) is 4.93. The number of aryl methyl sites for hydroxylation is 1. The Balaban J connectivity index is 2.41. The number of anilines is 1. The van der Waals surface area contributed by atoms with Gasteiger partial charge in [0.05, 0.1) is 12.3 Å². The van der Waals surface area contributed by atoms with Gasteiger partial charge < -0.3 is 5.11 Å². The highest BCUT2D eigenvalue weighted by atomic mass is 79.9. The van der Waals surface area contributed by atoms with Crippen LogP contribution in [0.4, 0.5) is 5.69 Å². The van der Waals surface area contributed by atoms with Crippen LogP contribution in [0.25, 0.3) is 0 Å². The van der Waals surface area contributed by atoms with E-state index in [-0.39, 0.29) is 11.5 Å². The number of aliphatic hydroxyl groups excluding tert-OH is 1. The lowest BCUT2D eigenvalue weighted by Crippen LogP contribution is -2.14. The van der Waals surface area contributed by atoms with Crippen LogP contribution in [0.3, 0.4) is 0 Å². The highest BCUT2D eigenvalue weighted by Crippen LogP contribution is 2.27. The zero-order valence-electron chi connectivity index (χ0n) is 11.1. The lowest BCUT2D eigenvalue weighted by Gasteiger charge is -2.12. The number of hydrogen-bond acceptors (Lipinski definition) is 3. The highest BCUT2D eigenvalue weighted by Gasteiger charge is 2.19. The molecule has 0 bridgehead atoms. The normalized spacial score (nSPS) is 11.4. The average molecular weight is 391 g/mol. The molecule has 0 saturated heterocycles. The zero-order valence-corrected chi connectivity index (χ0v) is 14.3. The number of sulfonamides is 1. The quantitative estimate of drug-likeness (QED) is 0.836. The van der Waals surface area contributed by atoms with Crippen molar-refractivity contribution in [2.75, 3.05) is 4.72 Å². The zero-order chi connectivity index (χ0) is 15.6. The van der Waals surface area contributed by atoms with Crippen LogP contribution in [0, 0.1) is 6.92 Å². The molecule has 0 unspecified atom stereocenters. The van der Waals surface area contributed by atoms with Gasteiger partial charge in [0.25, 0.3) is 10.0 Å². The van der Waals surface area contributed by atoms with E-state index in [1.807, 2.05) is 0 Å². The van der Waals surface area contributed by atoms with Gasteiger partial charge in [-0.1, -0.05) is 23.7 Å². The van der Waals surface area contributed by atoms with Crippen LogP contribution in [0.2, 0.25) is 5.02 Å². The molecule has 2 aromatic rings. The number of benzene rings is 2. The van der Waals surface area contributed by atoms with Gasteiger partial charge in [-0.3, -0.25) is 4.72 Å². The summed E-state index contributed by atoms with van der Waals surface area (Å²) in [6.07, 6.45) is 0. The molecular weight excluding hydrogens is 378 g/mol. The first-order valence-electron chi connectivity index (χ1n) is 6.02. The second-order valence-corrected chi connectivity index (χ2v) is 7.43. The van der Waals surface area contributed by atoms with Gasteiger partial charge >= 0.3 is 0 Å². The van der Waals surface area contributed by atoms with Gasteiger partial charge in [0.1, 0.15) is 4.90 Å². The molecule has 2 aromatic carbocycles. The predicted molar refractivity (Wildman–Crippen MR) is 87.1 cm³/mol. The van der Waals surface area contributed by atoms with Crippen molar-refractivity contribution in [2.45, 2.75) is 18.4 Å². The maximum atomic E-state index is 12.4. The summed E-state index contributed by atoms with van der Waals surface area (Å²) in [6, 6.07) is 9.57. The summed E-state index contributed by atoms with van der Waals surface area (Å²) in [5, 5.41) is 9.51. The number of rotatable bonds is 4. The van der Waals surface area contributed by atoms with Gasteiger partial charge in [-0.15, -0.1) is 0 Å². The summed E-state index contributed by atoms with van der Waals surface area (Å²) in [6.45, 7) is 1.64. The molecule has 0 spiro atoms. The number of nitrogens with one attached hydrogen (secondary N) is 1. The monoisotopic (exact) mass is 389 g/mol. The first-order valence-corrected chi connectivity index (χ1v) is 8.67. The molecule has 0 aliphatic heterocycles. The summed E-state index contributed by atoms with van der Waals surface area (Å²) in [7, 11) is -3.75. The minimum absolute atomic E-state index is 0.0964. The molecule has 0 amide bonds. The molecule has 2 N–H and O–H groups in total. The lowest BCUT2D eigenvalue weighted by atomic mass is 10.2. The second kappa shape index (κ2) is 6.36. The Morgan fingerprint density at radius 1 is 1.24 bits per heavy atom. The molecule has 0 fully saturated rings. The highest BCUT2D eigenvalue weighted by molar-refractivity contribution is 9.10. The average Bonchev–Trinajstić information content (AvgIpc) is 2.42. The van der Waals surface area contributed by atoms with Crippen molar-refractivity contribution in [2.24, 2.45) is 0 Å². The molecule has 4 nitrogen and oxygen atoms in total. The fourth-order valence-corrected chi connectivity index (χ4v) is 4.18. The third-order valence-electron chi connectivity index (χ3n) is 2.91. The predicted octanol–water partition coefficient (Wildman–Crippen LogP) is 3.70. The minimum atomic E-state index is -3.75. The van der Waals surface area contributed by atoms with E-state index < -0.39 is 10.0 Å². The molecule has 0 atom stereocenters. The molecule has 0 radical (unpaired) electrons. The van der Waals surface area contributed by atoms with Gasteiger partial charge in [0, 0.05) is 9.50 Å². The van der Waals surface area contributed by atoms with E-state index in [2.05, 4.69) is 20.7 Å². The molecule has 0 aliphatic rings. The van der Waals surface area contributed by atoms with Crippen molar-refractivity contribution >= 4 is 43.2 Å². The van der Waals surface area contributed by atoms with Crippen molar-refractivity contribution in [1.29, 1.82) is 0 Å².